The Morgan fingerprint density at radius 3 is 2.45 bits per heavy atom. The summed E-state index contributed by atoms with van der Waals surface area (Å²) < 4.78 is 5.76. The largest absolute Gasteiger partial charge is 0.492 e. The third-order valence-corrected chi connectivity index (χ3v) is 5.07. The van der Waals surface area contributed by atoms with Gasteiger partial charge in [0, 0.05) is 55.3 Å². The van der Waals surface area contributed by atoms with Gasteiger partial charge < -0.3 is 14.6 Å². The first-order chi connectivity index (χ1) is 13.7. The van der Waals surface area contributed by atoms with Crippen LogP contribution in [-0.2, 0) is 0 Å². The molecule has 1 aliphatic heterocycles. The van der Waals surface area contributed by atoms with Gasteiger partial charge in [-0.1, -0.05) is 24.3 Å². The lowest BCUT2D eigenvalue weighted by molar-refractivity contribution is 0.0622. The first kappa shape index (κ1) is 20.9. The number of H-pyrrole nitrogens is 1. The summed E-state index contributed by atoms with van der Waals surface area (Å²) in [5, 5.41) is 0.783. The van der Waals surface area contributed by atoms with Crippen LogP contribution < -0.4 is 10.3 Å². The summed E-state index contributed by atoms with van der Waals surface area (Å²) in [5.74, 6) is 0.892. The third kappa shape index (κ3) is 4.96. The fraction of sp³-hybridized carbons (Fsp3) is 0.273. The molecule has 0 spiro atoms. The third-order valence-electron chi connectivity index (χ3n) is 5.07. The second-order valence-electron chi connectivity index (χ2n) is 6.88. The Morgan fingerprint density at radius 1 is 0.931 bits per heavy atom. The molecule has 1 aromatic heterocycles. The number of rotatable bonds is 5. The second-order valence-corrected chi connectivity index (χ2v) is 6.88. The van der Waals surface area contributed by atoms with E-state index in [0.29, 0.717) is 30.8 Å². The maximum atomic E-state index is 13.0. The Kier molecular flexibility index (Phi) is 6.90. The zero-order valence-corrected chi connectivity index (χ0v) is 16.9. The van der Waals surface area contributed by atoms with Crippen molar-refractivity contribution in [3.05, 3.63) is 76.6 Å². The summed E-state index contributed by atoms with van der Waals surface area (Å²) in [6.07, 6.45) is 0. The van der Waals surface area contributed by atoms with E-state index in [2.05, 4.69) is 9.88 Å². The smallest absolute Gasteiger partial charge is 0.254 e. The molecule has 4 rings (SSSR count). The van der Waals surface area contributed by atoms with Gasteiger partial charge >= 0.3 is 0 Å². The number of pyridine rings is 1. The molecule has 1 fully saturated rings. The van der Waals surface area contributed by atoms with Crippen LogP contribution in [-0.4, -0.2) is 60.0 Å². The van der Waals surface area contributed by atoms with E-state index in [-0.39, 0.29) is 23.9 Å². The van der Waals surface area contributed by atoms with Crippen LogP contribution in [0, 0.1) is 0 Å². The number of ether oxygens (including phenoxy) is 1. The minimum absolute atomic E-state index is 0. The molecule has 0 bridgehead atoms. The van der Waals surface area contributed by atoms with Gasteiger partial charge in [-0.05, 0) is 30.3 Å². The predicted molar refractivity (Wildman–Crippen MR) is 116 cm³/mol. The minimum atomic E-state index is -0.163. The van der Waals surface area contributed by atoms with Crippen LogP contribution in [0.3, 0.4) is 0 Å². The number of nitrogens with zero attached hydrogens (tertiary/aromatic N) is 2. The Bertz CT molecular complexity index is 1010. The van der Waals surface area contributed by atoms with Crippen LogP contribution >= 0.6 is 12.4 Å². The Labute approximate surface area is 175 Å². The van der Waals surface area contributed by atoms with Crippen molar-refractivity contribution in [2.45, 2.75) is 0 Å². The number of piperazine rings is 1. The van der Waals surface area contributed by atoms with Crippen molar-refractivity contribution in [2.75, 3.05) is 39.3 Å². The van der Waals surface area contributed by atoms with Crippen molar-refractivity contribution in [3.63, 3.8) is 0 Å². The first-order valence-corrected chi connectivity index (χ1v) is 9.52. The lowest BCUT2D eigenvalue weighted by atomic mass is 10.1. The van der Waals surface area contributed by atoms with Crippen LogP contribution in [0.4, 0.5) is 0 Å². The van der Waals surface area contributed by atoms with E-state index >= 15 is 0 Å². The van der Waals surface area contributed by atoms with Gasteiger partial charge in [-0.25, -0.2) is 0 Å². The maximum Gasteiger partial charge on any atom is 0.254 e. The highest BCUT2D eigenvalue weighted by Crippen LogP contribution is 2.18. The number of aromatic nitrogens is 1. The topological polar surface area (TPSA) is 65.6 Å². The molecule has 1 N–H and O–H groups in total. The van der Waals surface area contributed by atoms with E-state index in [1.807, 2.05) is 53.4 Å². The summed E-state index contributed by atoms with van der Waals surface area (Å²) in [7, 11) is 0. The molecular formula is C22H24ClN3O3. The fourth-order valence-electron chi connectivity index (χ4n) is 3.53. The Hall–Kier alpha value is -2.83. The van der Waals surface area contributed by atoms with Crippen LogP contribution in [0.25, 0.3) is 10.9 Å². The van der Waals surface area contributed by atoms with Gasteiger partial charge in [-0.3, -0.25) is 14.5 Å². The average Bonchev–Trinajstić information content (AvgIpc) is 2.74. The zero-order valence-electron chi connectivity index (χ0n) is 16.0. The van der Waals surface area contributed by atoms with Gasteiger partial charge in [-0.15, -0.1) is 12.4 Å². The molecule has 3 aromatic rings. The summed E-state index contributed by atoms with van der Waals surface area (Å²) in [5.41, 5.74) is 1.16. The van der Waals surface area contributed by atoms with Gasteiger partial charge in [0.05, 0.1) is 0 Å². The number of para-hydroxylation sites is 1. The highest BCUT2D eigenvalue weighted by Gasteiger charge is 2.23. The Balaban J connectivity index is 0.00000240. The number of benzene rings is 2. The Morgan fingerprint density at radius 2 is 1.69 bits per heavy atom. The number of amides is 1. The van der Waals surface area contributed by atoms with Gasteiger partial charge in [0.2, 0.25) is 5.56 Å². The van der Waals surface area contributed by atoms with Crippen LogP contribution in [0.5, 0.6) is 5.75 Å². The number of halogens is 1. The summed E-state index contributed by atoms with van der Waals surface area (Å²) in [6.45, 7) is 4.49. The molecule has 0 aliphatic carbocycles. The second kappa shape index (κ2) is 9.58. The molecule has 1 saturated heterocycles. The minimum Gasteiger partial charge on any atom is -0.492 e. The molecule has 1 amide bonds. The SMILES string of the molecule is Cl.O=C(c1cccc2[nH]c(=O)ccc12)N1CCN(CCOc2ccccc2)CC1. The van der Waals surface area contributed by atoms with Crippen LogP contribution in [0.1, 0.15) is 10.4 Å². The number of aromatic amines is 1. The number of carbonyl (C=O) groups excluding carboxylic acids is 1. The van der Waals surface area contributed by atoms with Crippen LogP contribution in [0.15, 0.2) is 65.5 Å². The van der Waals surface area contributed by atoms with Crippen molar-refractivity contribution in [1.82, 2.24) is 14.8 Å². The van der Waals surface area contributed by atoms with E-state index in [1.54, 1.807) is 6.07 Å². The van der Waals surface area contributed by atoms with Gasteiger partial charge in [0.25, 0.3) is 5.91 Å². The molecule has 6 nitrogen and oxygen atoms in total. The number of carbonyl (C=O) groups is 1. The van der Waals surface area contributed by atoms with Crippen LogP contribution in [0.2, 0.25) is 0 Å². The quantitative estimate of drug-likeness (QED) is 0.698. The van der Waals surface area contributed by atoms with E-state index in [1.165, 1.54) is 6.07 Å². The molecule has 2 heterocycles. The van der Waals surface area contributed by atoms with Gasteiger partial charge in [-0.2, -0.15) is 0 Å². The number of nitrogens with one attached hydrogen (secondary N) is 1. The molecule has 7 heteroatoms. The van der Waals surface area contributed by atoms with Crippen molar-refractivity contribution in [2.24, 2.45) is 0 Å². The average molecular weight is 414 g/mol. The van der Waals surface area contributed by atoms with Crippen molar-refractivity contribution in [3.8, 4) is 5.75 Å². The van der Waals surface area contributed by atoms with E-state index in [4.69, 9.17) is 4.74 Å². The van der Waals surface area contributed by atoms with Crippen molar-refractivity contribution in [1.29, 1.82) is 0 Å². The zero-order chi connectivity index (χ0) is 19.3. The van der Waals surface area contributed by atoms with Crippen molar-refractivity contribution >= 4 is 29.2 Å². The highest BCUT2D eigenvalue weighted by molar-refractivity contribution is 6.06. The molecule has 2 aromatic carbocycles. The first-order valence-electron chi connectivity index (χ1n) is 9.52. The maximum absolute atomic E-state index is 13.0. The normalized spacial score (nSPS) is 14.4. The summed E-state index contributed by atoms with van der Waals surface area (Å²) >= 11 is 0. The number of fused-ring (bicyclic) bond motifs is 1. The molecule has 29 heavy (non-hydrogen) atoms. The predicted octanol–water partition coefficient (Wildman–Crippen LogP) is 2.79. The highest BCUT2D eigenvalue weighted by atomic mass is 35.5. The monoisotopic (exact) mass is 413 g/mol. The molecule has 1 aliphatic rings. The van der Waals surface area contributed by atoms with E-state index in [9.17, 15) is 9.59 Å². The van der Waals surface area contributed by atoms with E-state index in [0.717, 1.165) is 30.8 Å². The standard InChI is InChI=1S/C22H23N3O3.ClH/c26-21-10-9-18-19(7-4-8-20(18)23-21)22(27)25-13-11-24(12-14-25)15-16-28-17-5-2-1-3-6-17;/h1-10H,11-16H2,(H,23,26);1H. The van der Waals surface area contributed by atoms with Gasteiger partial charge in [0.1, 0.15) is 12.4 Å². The van der Waals surface area contributed by atoms with Gasteiger partial charge in [0.15, 0.2) is 0 Å². The molecule has 152 valence electrons. The lowest BCUT2D eigenvalue weighted by Gasteiger charge is -2.34. The lowest BCUT2D eigenvalue weighted by Crippen LogP contribution is -2.49. The van der Waals surface area contributed by atoms with E-state index < -0.39 is 0 Å². The number of hydrogen-bond donors (Lipinski definition) is 1. The summed E-state index contributed by atoms with van der Waals surface area (Å²) in [6, 6.07) is 18.4. The van der Waals surface area contributed by atoms with Crippen molar-refractivity contribution < 1.29 is 9.53 Å². The molecular weight excluding hydrogens is 390 g/mol. The molecule has 0 atom stereocenters. The molecule has 0 saturated carbocycles. The summed E-state index contributed by atoms with van der Waals surface area (Å²) in [4.78, 5) is 31.5. The number of hydrogen-bond acceptors (Lipinski definition) is 4. The molecule has 0 unspecified atom stereocenters. The molecule has 0 radical (unpaired) electrons. The fourth-order valence-corrected chi connectivity index (χ4v) is 3.53.